The summed E-state index contributed by atoms with van der Waals surface area (Å²) < 4.78 is 27.1. The van der Waals surface area contributed by atoms with Gasteiger partial charge in [0.2, 0.25) is 10.0 Å². The topological polar surface area (TPSA) is 105 Å². The Morgan fingerprint density at radius 2 is 2.08 bits per heavy atom. The first-order valence-electron chi connectivity index (χ1n) is 7.35. The molecule has 0 spiro atoms. The van der Waals surface area contributed by atoms with Crippen LogP contribution in [-0.2, 0) is 23.6 Å². The Balaban J connectivity index is 0.00000529. The Morgan fingerprint density at radius 1 is 1.46 bits per heavy atom. The molecule has 0 bridgehead atoms. The van der Waals surface area contributed by atoms with E-state index in [2.05, 4.69) is 25.1 Å². The lowest BCUT2D eigenvalue weighted by Crippen LogP contribution is -2.47. The molecule has 1 heterocycles. The molecule has 24 heavy (non-hydrogen) atoms. The number of hydrogen-bond acceptors (Lipinski definition) is 5. The molecule has 0 aliphatic rings. The van der Waals surface area contributed by atoms with Crippen molar-refractivity contribution >= 4 is 40.0 Å². The second kappa shape index (κ2) is 9.51. The normalized spacial score (nSPS) is 12.7. The zero-order valence-electron chi connectivity index (χ0n) is 15.1. The third kappa shape index (κ3) is 8.24. The van der Waals surface area contributed by atoms with Crippen LogP contribution in [0.1, 0.15) is 26.6 Å². The van der Waals surface area contributed by atoms with Crippen molar-refractivity contribution in [2.75, 3.05) is 26.4 Å². The summed E-state index contributed by atoms with van der Waals surface area (Å²) in [6.45, 7) is 7.13. The van der Waals surface area contributed by atoms with Crippen LogP contribution in [0.2, 0.25) is 0 Å². The van der Waals surface area contributed by atoms with E-state index in [0.29, 0.717) is 25.6 Å². The monoisotopic (exact) mass is 473 g/mol. The number of aryl methyl sites for hydroxylation is 1. The van der Waals surface area contributed by atoms with Gasteiger partial charge in [-0.3, -0.25) is 9.67 Å². The lowest BCUT2D eigenvalue weighted by atomic mass is 10.1. The summed E-state index contributed by atoms with van der Waals surface area (Å²) in [5.41, 5.74) is -0.667. The third-order valence-electron chi connectivity index (χ3n) is 2.97. The molecule has 11 heteroatoms. The van der Waals surface area contributed by atoms with Crippen molar-refractivity contribution < 1.29 is 8.42 Å². The molecule has 0 aliphatic carbocycles. The van der Waals surface area contributed by atoms with E-state index in [1.165, 1.54) is 6.33 Å². The highest BCUT2D eigenvalue weighted by atomic mass is 127. The fourth-order valence-corrected chi connectivity index (χ4v) is 3.09. The zero-order chi connectivity index (χ0) is 17.7. The average molecular weight is 473 g/mol. The van der Waals surface area contributed by atoms with Gasteiger partial charge in [0, 0.05) is 26.2 Å². The van der Waals surface area contributed by atoms with Crippen LogP contribution in [-0.4, -0.2) is 66.0 Å². The molecular formula is C13H28IN7O2S. The Labute approximate surface area is 161 Å². The Kier molecular flexibility index (Phi) is 9.14. The summed E-state index contributed by atoms with van der Waals surface area (Å²) in [4.78, 5) is 10.6. The molecule has 0 amide bonds. The number of nitrogens with zero attached hydrogens (tertiary/aromatic N) is 5. The van der Waals surface area contributed by atoms with Gasteiger partial charge in [-0.1, -0.05) is 0 Å². The van der Waals surface area contributed by atoms with E-state index in [9.17, 15) is 8.42 Å². The van der Waals surface area contributed by atoms with Crippen molar-refractivity contribution in [2.24, 2.45) is 12.0 Å². The molecular weight excluding hydrogens is 445 g/mol. The van der Waals surface area contributed by atoms with Crippen LogP contribution in [0.15, 0.2) is 11.3 Å². The molecule has 0 saturated heterocycles. The van der Waals surface area contributed by atoms with E-state index in [4.69, 9.17) is 0 Å². The first-order chi connectivity index (χ1) is 10.5. The van der Waals surface area contributed by atoms with E-state index in [1.807, 2.05) is 25.9 Å². The van der Waals surface area contributed by atoms with E-state index in [1.54, 1.807) is 18.5 Å². The standard InChI is InChI=1S/C13H27N7O2S.HI/c1-7-14-12(15-9-13(2,3)18-23(6,21)22)19(4)8-11-16-10-17-20(11)5;/h10,18H,7-9H2,1-6H3,(H,14,15);1H. The molecule has 0 radical (unpaired) electrons. The molecule has 0 atom stereocenters. The fraction of sp³-hybridized carbons (Fsp3) is 0.769. The van der Waals surface area contributed by atoms with Gasteiger partial charge in [-0.25, -0.2) is 18.1 Å². The Hall–Kier alpha value is -0.950. The van der Waals surface area contributed by atoms with Crippen molar-refractivity contribution in [3.05, 3.63) is 12.2 Å². The summed E-state index contributed by atoms with van der Waals surface area (Å²) in [6.07, 6.45) is 2.65. The van der Waals surface area contributed by atoms with Gasteiger partial charge in [0.05, 0.1) is 19.3 Å². The van der Waals surface area contributed by atoms with Gasteiger partial charge < -0.3 is 10.2 Å². The second-order valence-corrected chi connectivity index (χ2v) is 7.83. The minimum Gasteiger partial charge on any atom is -0.357 e. The molecule has 0 unspecified atom stereocenters. The summed E-state index contributed by atoms with van der Waals surface area (Å²) >= 11 is 0. The average Bonchev–Trinajstić information content (AvgIpc) is 2.77. The van der Waals surface area contributed by atoms with Gasteiger partial charge in [-0.15, -0.1) is 24.0 Å². The molecule has 0 aromatic carbocycles. The van der Waals surface area contributed by atoms with Gasteiger partial charge in [0.15, 0.2) is 5.96 Å². The number of hydrogen-bond donors (Lipinski definition) is 2. The van der Waals surface area contributed by atoms with E-state index < -0.39 is 15.6 Å². The first-order valence-corrected chi connectivity index (χ1v) is 9.24. The maximum Gasteiger partial charge on any atom is 0.209 e. The minimum atomic E-state index is -3.28. The molecule has 1 aromatic heterocycles. The third-order valence-corrected chi connectivity index (χ3v) is 3.89. The molecule has 1 aromatic rings. The van der Waals surface area contributed by atoms with Gasteiger partial charge in [-0.05, 0) is 20.8 Å². The van der Waals surface area contributed by atoms with Crippen LogP contribution in [0.25, 0.3) is 0 Å². The van der Waals surface area contributed by atoms with Gasteiger partial charge >= 0.3 is 0 Å². The maximum absolute atomic E-state index is 11.4. The van der Waals surface area contributed by atoms with E-state index in [0.717, 1.165) is 12.1 Å². The highest BCUT2D eigenvalue weighted by Gasteiger charge is 2.22. The maximum atomic E-state index is 11.4. The number of halogens is 1. The lowest BCUT2D eigenvalue weighted by molar-refractivity contribution is 0.433. The van der Waals surface area contributed by atoms with Crippen LogP contribution >= 0.6 is 24.0 Å². The lowest BCUT2D eigenvalue weighted by Gasteiger charge is -2.26. The quantitative estimate of drug-likeness (QED) is 0.332. The second-order valence-electron chi connectivity index (χ2n) is 6.08. The Bertz CT molecular complexity index is 643. The predicted molar refractivity (Wildman–Crippen MR) is 106 cm³/mol. The van der Waals surface area contributed by atoms with Crippen molar-refractivity contribution in [2.45, 2.75) is 32.9 Å². The molecule has 0 aliphatic heterocycles. The number of aliphatic imine (C=N–C) groups is 1. The summed E-state index contributed by atoms with van der Waals surface area (Å²) in [7, 11) is 0.445. The summed E-state index contributed by atoms with van der Waals surface area (Å²) in [5, 5.41) is 7.23. The van der Waals surface area contributed by atoms with Crippen molar-refractivity contribution in [1.82, 2.24) is 29.7 Å². The molecule has 9 nitrogen and oxygen atoms in total. The van der Waals surface area contributed by atoms with Crippen molar-refractivity contribution in [1.29, 1.82) is 0 Å². The van der Waals surface area contributed by atoms with Gasteiger partial charge in [0.1, 0.15) is 12.2 Å². The number of nitrogens with one attached hydrogen (secondary N) is 2. The van der Waals surface area contributed by atoms with Crippen LogP contribution in [0.5, 0.6) is 0 Å². The van der Waals surface area contributed by atoms with Crippen LogP contribution in [0, 0.1) is 0 Å². The highest BCUT2D eigenvalue weighted by molar-refractivity contribution is 14.0. The number of guanidine groups is 1. The summed E-state index contributed by atoms with van der Waals surface area (Å²) in [5.74, 6) is 1.49. The van der Waals surface area contributed by atoms with Crippen LogP contribution in [0.4, 0.5) is 0 Å². The highest BCUT2D eigenvalue weighted by Crippen LogP contribution is 2.06. The molecule has 2 N–H and O–H groups in total. The van der Waals surface area contributed by atoms with Crippen LogP contribution < -0.4 is 10.0 Å². The smallest absolute Gasteiger partial charge is 0.209 e. The molecule has 0 fully saturated rings. The van der Waals surface area contributed by atoms with Crippen LogP contribution in [0.3, 0.4) is 0 Å². The number of aromatic nitrogens is 3. The number of sulfonamides is 1. The number of rotatable bonds is 7. The Morgan fingerprint density at radius 3 is 2.54 bits per heavy atom. The van der Waals surface area contributed by atoms with Crippen molar-refractivity contribution in [3.63, 3.8) is 0 Å². The minimum absolute atomic E-state index is 0. The van der Waals surface area contributed by atoms with Gasteiger partial charge in [0.25, 0.3) is 0 Å². The molecule has 1 rings (SSSR count). The van der Waals surface area contributed by atoms with E-state index in [-0.39, 0.29) is 24.0 Å². The zero-order valence-corrected chi connectivity index (χ0v) is 18.2. The van der Waals surface area contributed by atoms with Crippen molar-refractivity contribution in [3.8, 4) is 0 Å². The molecule has 0 saturated carbocycles. The first kappa shape index (κ1) is 23.1. The SMILES string of the molecule is CCNC(=NCC(C)(C)NS(C)(=O)=O)N(C)Cc1ncnn1C.I. The largest absolute Gasteiger partial charge is 0.357 e. The summed E-state index contributed by atoms with van der Waals surface area (Å²) in [6, 6.07) is 0. The predicted octanol–water partition coefficient (Wildman–Crippen LogP) is 0.158. The molecule has 140 valence electrons. The van der Waals surface area contributed by atoms with E-state index >= 15 is 0 Å². The fourth-order valence-electron chi connectivity index (χ4n) is 2.03. The van der Waals surface area contributed by atoms with Gasteiger partial charge in [-0.2, -0.15) is 5.10 Å².